The van der Waals surface area contributed by atoms with Crippen LogP contribution in [0, 0.1) is 5.41 Å². The molecule has 1 N–H and O–H groups in total. The minimum Gasteiger partial charge on any atom is -0.481 e. The molecule has 0 spiro atoms. The first-order valence-corrected chi connectivity index (χ1v) is 14.0. The first-order chi connectivity index (χ1) is 19.5. The first kappa shape index (κ1) is 28.4. The average molecular weight is 573 g/mol. The zero-order valence-corrected chi connectivity index (χ0v) is 24.3. The summed E-state index contributed by atoms with van der Waals surface area (Å²) in [4.78, 5) is 42.0. The number of hydrogen-bond acceptors (Lipinski definition) is 4. The van der Waals surface area contributed by atoms with Crippen molar-refractivity contribution >= 4 is 51.7 Å². The number of carbonyl (C=O) groups excluding carboxylic acids is 2. The van der Waals surface area contributed by atoms with Crippen LogP contribution in [0.1, 0.15) is 62.5 Å². The van der Waals surface area contributed by atoms with Crippen LogP contribution < -0.4 is 9.80 Å². The predicted molar refractivity (Wildman–Crippen MR) is 160 cm³/mol. The Morgan fingerprint density at radius 3 is 2.46 bits per heavy atom. The monoisotopic (exact) mass is 572 g/mol. The smallest absolute Gasteiger partial charge is 0.309 e. The molecule has 3 aromatic carbocycles. The van der Waals surface area contributed by atoms with Gasteiger partial charge in [-0.3, -0.25) is 19.1 Å². The van der Waals surface area contributed by atoms with Crippen molar-refractivity contribution in [2.24, 2.45) is 5.41 Å². The highest BCUT2D eigenvalue weighted by Gasteiger charge is 2.38. The maximum Gasteiger partial charge on any atom is 0.309 e. The minimum atomic E-state index is -0.866. The van der Waals surface area contributed by atoms with Crippen molar-refractivity contribution in [3.05, 3.63) is 89.1 Å². The molecule has 2 heterocycles. The fraction of sp³-hybridized carbons (Fsp3) is 0.312. The Hall–Kier alpha value is -4.17. The Morgan fingerprint density at radius 1 is 1.07 bits per heavy atom. The summed E-state index contributed by atoms with van der Waals surface area (Å²) in [5.74, 6) is -1.07. The van der Waals surface area contributed by atoms with Crippen LogP contribution in [0.25, 0.3) is 10.9 Å². The van der Waals surface area contributed by atoms with Crippen molar-refractivity contribution in [3.8, 4) is 0 Å². The van der Waals surface area contributed by atoms with Crippen molar-refractivity contribution < 1.29 is 19.5 Å². The molecule has 1 aliphatic rings. The van der Waals surface area contributed by atoms with E-state index in [2.05, 4.69) is 5.10 Å². The number of halogens is 1. The quantitative estimate of drug-likeness (QED) is 0.265. The zero-order chi connectivity index (χ0) is 29.5. The van der Waals surface area contributed by atoms with E-state index < -0.39 is 11.4 Å². The highest BCUT2D eigenvalue weighted by Crippen LogP contribution is 2.43. The summed E-state index contributed by atoms with van der Waals surface area (Å²) in [5, 5.41) is 15.3. The highest BCUT2D eigenvalue weighted by atomic mass is 35.5. The van der Waals surface area contributed by atoms with E-state index >= 15 is 0 Å². The van der Waals surface area contributed by atoms with Crippen molar-refractivity contribution in [2.45, 2.75) is 59.2 Å². The van der Waals surface area contributed by atoms with E-state index in [0.717, 1.165) is 27.8 Å². The number of aromatic nitrogens is 2. The van der Waals surface area contributed by atoms with Crippen LogP contribution in [0.2, 0.25) is 5.02 Å². The van der Waals surface area contributed by atoms with Gasteiger partial charge in [0.2, 0.25) is 5.91 Å². The Kier molecular flexibility index (Phi) is 7.62. The Morgan fingerprint density at radius 2 is 1.78 bits per heavy atom. The lowest BCUT2D eigenvalue weighted by atomic mass is 9.89. The van der Waals surface area contributed by atoms with Gasteiger partial charge in [-0.05, 0) is 87.7 Å². The largest absolute Gasteiger partial charge is 0.481 e. The molecule has 8 nitrogen and oxygen atoms in total. The Bertz CT molecular complexity index is 1630. The average Bonchev–Trinajstić information content (AvgIpc) is 3.35. The summed E-state index contributed by atoms with van der Waals surface area (Å²) >= 11 is 6.11. The lowest BCUT2D eigenvalue weighted by Gasteiger charge is -2.43. The van der Waals surface area contributed by atoms with Crippen LogP contribution in [-0.4, -0.2) is 38.7 Å². The van der Waals surface area contributed by atoms with Crippen molar-refractivity contribution in [1.82, 2.24) is 9.78 Å². The van der Waals surface area contributed by atoms with E-state index in [9.17, 15) is 19.5 Å². The molecule has 1 aromatic heterocycles. The van der Waals surface area contributed by atoms with Crippen molar-refractivity contribution in [3.63, 3.8) is 0 Å². The molecular weight excluding hydrogens is 540 g/mol. The van der Waals surface area contributed by atoms with Gasteiger partial charge >= 0.3 is 5.97 Å². The molecule has 0 fully saturated rings. The number of fused-ring (bicyclic) bond motifs is 2. The minimum absolute atomic E-state index is 0.0895. The molecule has 4 aromatic rings. The van der Waals surface area contributed by atoms with Gasteiger partial charge in [0.05, 0.1) is 23.2 Å². The third-order valence-electron chi connectivity index (χ3n) is 7.95. The van der Waals surface area contributed by atoms with Crippen LogP contribution >= 0.6 is 11.6 Å². The van der Waals surface area contributed by atoms with Crippen LogP contribution in [0.3, 0.4) is 0 Å². The van der Waals surface area contributed by atoms with E-state index in [1.54, 1.807) is 54.7 Å². The number of anilines is 2. The molecule has 0 saturated carbocycles. The summed E-state index contributed by atoms with van der Waals surface area (Å²) in [6.07, 6.45) is 2.70. The Labute approximate surface area is 244 Å². The molecule has 1 aliphatic heterocycles. The van der Waals surface area contributed by atoms with Crippen molar-refractivity contribution in [2.75, 3.05) is 9.80 Å². The molecule has 0 radical (unpaired) electrons. The lowest BCUT2D eigenvalue weighted by Crippen LogP contribution is -2.47. The maximum atomic E-state index is 14.0. The molecule has 0 unspecified atom stereocenters. The summed E-state index contributed by atoms with van der Waals surface area (Å²) in [5.41, 5.74) is 2.93. The van der Waals surface area contributed by atoms with Crippen LogP contribution in [0.5, 0.6) is 0 Å². The summed E-state index contributed by atoms with van der Waals surface area (Å²) in [6.45, 7) is 7.41. The third kappa shape index (κ3) is 5.44. The van der Waals surface area contributed by atoms with Gasteiger partial charge in [-0.1, -0.05) is 29.8 Å². The zero-order valence-electron chi connectivity index (χ0n) is 23.5. The molecule has 0 saturated heterocycles. The van der Waals surface area contributed by atoms with Gasteiger partial charge in [-0.25, -0.2) is 0 Å². The van der Waals surface area contributed by atoms with E-state index in [1.165, 1.54) is 0 Å². The second kappa shape index (κ2) is 11.0. The second-order valence-electron chi connectivity index (χ2n) is 11.3. The van der Waals surface area contributed by atoms with Gasteiger partial charge < -0.3 is 14.9 Å². The number of aryl methyl sites for hydroxylation is 1. The number of amides is 2. The van der Waals surface area contributed by atoms with Crippen LogP contribution in [-0.2, 0) is 16.1 Å². The van der Waals surface area contributed by atoms with Gasteiger partial charge in [-0.15, -0.1) is 0 Å². The van der Waals surface area contributed by atoms with Gasteiger partial charge in [0.25, 0.3) is 5.91 Å². The maximum absolute atomic E-state index is 14.0. The summed E-state index contributed by atoms with van der Waals surface area (Å²) in [7, 11) is 0. The van der Waals surface area contributed by atoms with E-state index in [-0.39, 0.29) is 23.9 Å². The second-order valence-corrected chi connectivity index (χ2v) is 11.7. The first-order valence-electron chi connectivity index (χ1n) is 13.6. The number of carbonyl (C=O) groups is 3. The number of aliphatic carboxylic acids is 1. The highest BCUT2D eigenvalue weighted by molar-refractivity contribution is 6.30. The number of carboxylic acids is 1. The lowest BCUT2D eigenvalue weighted by molar-refractivity contribution is -0.147. The SMILES string of the molecule is CC(=O)N(c1ccc(Cl)cc1)[C@@H]1C[C@H](C)N(C(=O)c2ccc3c(cnn3CCC(C)(C)C(=O)O)c2)c2ccccc21. The molecule has 0 aliphatic carbocycles. The number of rotatable bonds is 7. The summed E-state index contributed by atoms with van der Waals surface area (Å²) < 4.78 is 1.78. The van der Waals surface area contributed by atoms with E-state index in [0.29, 0.717) is 30.0 Å². The normalized spacial score (nSPS) is 16.9. The fourth-order valence-corrected chi connectivity index (χ4v) is 5.67. The molecular formula is C32H33ClN4O4. The summed E-state index contributed by atoms with van der Waals surface area (Å²) in [6, 6.07) is 20.0. The molecule has 212 valence electrons. The van der Waals surface area contributed by atoms with Crippen LogP contribution in [0.4, 0.5) is 11.4 Å². The van der Waals surface area contributed by atoms with Gasteiger partial charge in [0.1, 0.15) is 0 Å². The molecule has 41 heavy (non-hydrogen) atoms. The fourth-order valence-electron chi connectivity index (χ4n) is 5.55. The van der Waals surface area contributed by atoms with Crippen molar-refractivity contribution in [1.29, 1.82) is 0 Å². The van der Waals surface area contributed by atoms with Crippen LogP contribution in [0.15, 0.2) is 72.9 Å². The predicted octanol–water partition coefficient (Wildman–Crippen LogP) is 6.72. The Balaban J connectivity index is 1.45. The molecule has 2 atom stereocenters. The number of hydrogen-bond donors (Lipinski definition) is 1. The van der Waals surface area contributed by atoms with Gasteiger partial charge in [-0.2, -0.15) is 5.10 Å². The van der Waals surface area contributed by atoms with E-state index in [1.807, 2.05) is 60.4 Å². The molecule has 9 heteroatoms. The number of nitrogens with zero attached hydrogens (tertiary/aromatic N) is 4. The standard InChI is InChI=1S/C32H33ClN4O4/c1-20-17-29(37(21(2)38)25-12-10-24(33)11-13-25)26-7-5-6-8-28(26)36(20)30(39)22-9-14-27-23(18-22)19-34-35(27)16-15-32(3,4)31(40)41/h5-14,18-20,29H,15-17H2,1-4H3,(H,40,41)/t20-,29+/m0/s1. The van der Waals surface area contributed by atoms with E-state index in [4.69, 9.17) is 11.6 Å². The third-order valence-corrected chi connectivity index (χ3v) is 8.20. The molecule has 5 rings (SSSR count). The molecule has 0 bridgehead atoms. The van der Waals surface area contributed by atoms with Gasteiger partial charge in [0.15, 0.2) is 0 Å². The molecule has 2 amide bonds. The number of para-hydroxylation sites is 1. The number of carboxylic acid groups (broad SMARTS) is 1. The van der Waals surface area contributed by atoms with Gasteiger partial charge in [0, 0.05) is 46.9 Å². The number of benzene rings is 3. The topological polar surface area (TPSA) is 95.7 Å².